The lowest BCUT2D eigenvalue weighted by Gasteiger charge is -2.32. The molecule has 2 aliphatic rings. The highest BCUT2D eigenvalue weighted by Gasteiger charge is 2.38. The van der Waals surface area contributed by atoms with Crippen molar-refractivity contribution in [1.82, 2.24) is 14.8 Å². The van der Waals surface area contributed by atoms with Gasteiger partial charge in [-0.1, -0.05) is 18.2 Å². The van der Waals surface area contributed by atoms with Gasteiger partial charge in [-0.2, -0.15) is 4.98 Å². The number of Topliss-reactive ketones (excluding diaryl/α,β-unsaturated/α-hetero) is 1. The van der Waals surface area contributed by atoms with Crippen LogP contribution in [-0.2, 0) is 4.79 Å². The first-order valence-corrected chi connectivity index (χ1v) is 10.3. The number of rotatable bonds is 4. The second kappa shape index (κ2) is 7.04. The summed E-state index contributed by atoms with van der Waals surface area (Å²) in [7, 11) is 3.22. The second-order valence-corrected chi connectivity index (χ2v) is 7.91. The Labute approximate surface area is 172 Å². The molecule has 1 aliphatic carbocycles. The van der Waals surface area contributed by atoms with Gasteiger partial charge in [-0.15, -0.1) is 16.4 Å². The van der Waals surface area contributed by atoms with Crippen molar-refractivity contribution >= 4 is 23.1 Å². The molecule has 1 unspecified atom stereocenters. The number of carbonyl (C=O) groups is 1. The number of fused-ring (bicyclic) bond motifs is 1. The van der Waals surface area contributed by atoms with E-state index in [0.717, 1.165) is 34.6 Å². The summed E-state index contributed by atoms with van der Waals surface area (Å²) in [5.41, 5.74) is 2.49. The average molecular weight is 408 g/mol. The van der Waals surface area contributed by atoms with Crippen molar-refractivity contribution in [3.63, 3.8) is 0 Å². The number of hydrogen-bond acceptors (Lipinski definition) is 7. The Kier molecular flexibility index (Phi) is 4.35. The van der Waals surface area contributed by atoms with Crippen molar-refractivity contribution in [3.05, 3.63) is 52.5 Å². The number of aromatic nitrogens is 3. The molecule has 0 radical (unpaired) electrons. The SMILES string of the molecule is COc1cccc(C2C3=C(CCCC3=O)Nc3nc(-c4cccs4)nn32)c1OC. The molecule has 0 bridgehead atoms. The Morgan fingerprint density at radius 1 is 1.17 bits per heavy atom. The Morgan fingerprint density at radius 3 is 2.83 bits per heavy atom. The van der Waals surface area contributed by atoms with Crippen LogP contribution in [0.25, 0.3) is 10.7 Å². The fourth-order valence-corrected chi connectivity index (χ4v) is 4.73. The molecule has 5 rings (SSSR count). The zero-order chi connectivity index (χ0) is 20.0. The van der Waals surface area contributed by atoms with Crippen LogP contribution in [0.3, 0.4) is 0 Å². The minimum absolute atomic E-state index is 0.132. The number of allylic oxidation sites excluding steroid dienone is 2. The number of carbonyl (C=O) groups excluding carboxylic acids is 1. The number of ketones is 1. The van der Waals surface area contributed by atoms with E-state index in [0.29, 0.717) is 29.7 Å². The van der Waals surface area contributed by atoms with Crippen molar-refractivity contribution in [2.24, 2.45) is 0 Å². The summed E-state index contributed by atoms with van der Waals surface area (Å²) in [5, 5.41) is 10.1. The first-order chi connectivity index (χ1) is 14.2. The summed E-state index contributed by atoms with van der Waals surface area (Å²) in [6.45, 7) is 0. The lowest BCUT2D eigenvalue weighted by molar-refractivity contribution is -0.116. The van der Waals surface area contributed by atoms with Crippen LogP contribution in [-0.4, -0.2) is 34.8 Å². The number of benzene rings is 1. The van der Waals surface area contributed by atoms with Gasteiger partial charge in [0.25, 0.3) is 0 Å². The quantitative estimate of drug-likeness (QED) is 0.702. The van der Waals surface area contributed by atoms with E-state index >= 15 is 0 Å². The predicted octanol–water partition coefficient (Wildman–Crippen LogP) is 4.05. The number of thiophene rings is 1. The molecular formula is C21H20N4O3S. The average Bonchev–Trinajstić information content (AvgIpc) is 3.41. The summed E-state index contributed by atoms with van der Waals surface area (Å²) in [6, 6.07) is 9.26. The molecule has 1 aliphatic heterocycles. The van der Waals surface area contributed by atoms with Gasteiger partial charge in [0.15, 0.2) is 23.1 Å². The topological polar surface area (TPSA) is 78.3 Å². The third-order valence-corrected chi connectivity index (χ3v) is 6.20. The minimum Gasteiger partial charge on any atom is -0.493 e. The molecule has 0 fully saturated rings. The van der Waals surface area contributed by atoms with E-state index in [2.05, 4.69) is 5.32 Å². The van der Waals surface area contributed by atoms with Crippen molar-refractivity contribution in [2.75, 3.05) is 19.5 Å². The zero-order valence-corrected chi connectivity index (χ0v) is 17.0. The fourth-order valence-electron chi connectivity index (χ4n) is 4.08. The normalized spacial score (nSPS) is 18.1. The number of methoxy groups -OCH3 is 2. The van der Waals surface area contributed by atoms with Gasteiger partial charge in [0, 0.05) is 23.3 Å². The van der Waals surface area contributed by atoms with Crippen molar-refractivity contribution in [3.8, 4) is 22.2 Å². The molecule has 1 atom stereocenters. The van der Waals surface area contributed by atoms with Gasteiger partial charge in [0.1, 0.15) is 6.04 Å². The van der Waals surface area contributed by atoms with Crippen molar-refractivity contribution < 1.29 is 14.3 Å². The van der Waals surface area contributed by atoms with Crippen molar-refractivity contribution in [1.29, 1.82) is 0 Å². The standard InChI is InChI=1S/C21H20N4O3S/c1-27-15-9-3-6-12(19(15)28-2)18-17-13(7-4-8-14(17)26)22-21-23-20(24-25(18)21)16-10-5-11-29-16/h3,5-6,9-11,18H,4,7-8H2,1-2H3,(H,22,23,24). The largest absolute Gasteiger partial charge is 0.493 e. The van der Waals surface area contributed by atoms with Crippen LogP contribution in [0.2, 0.25) is 0 Å². The van der Waals surface area contributed by atoms with Gasteiger partial charge in [-0.3, -0.25) is 4.79 Å². The summed E-state index contributed by atoms with van der Waals surface area (Å²) in [4.78, 5) is 18.7. The monoisotopic (exact) mass is 408 g/mol. The summed E-state index contributed by atoms with van der Waals surface area (Å²) < 4.78 is 13.0. The highest BCUT2D eigenvalue weighted by Crippen LogP contribution is 2.45. The lowest BCUT2D eigenvalue weighted by atomic mass is 9.85. The smallest absolute Gasteiger partial charge is 0.226 e. The maximum atomic E-state index is 13.0. The third-order valence-electron chi connectivity index (χ3n) is 5.34. The lowest BCUT2D eigenvalue weighted by Crippen LogP contribution is -2.31. The van der Waals surface area contributed by atoms with E-state index in [1.807, 2.05) is 35.7 Å². The molecule has 0 saturated heterocycles. The first-order valence-electron chi connectivity index (χ1n) is 9.46. The molecule has 3 heterocycles. The van der Waals surface area contributed by atoms with Crippen LogP contribution in [0.15, 0.2) is 47.0 Å². The molecule has 3 aromatic rings. The zero-order valence-electron chi connectivity index (χ0n) is 16.1. The number of nitrogens with one attached hydrogen (secondary N) is 1. The highest BCUT2D eigenvalue weighted by molar-refractivity contribution is 7.13. The molecule has 0 amide bonds. The van der Waals surface area contributed by atoms with Crippen LogP contribution in [0.4, 0.5) is 5.95 Å². The van der Waals surface area contributed by atoms with Gasteiger partial charge in [-0.05, 0) is 30.4 Å². The summed E-state index contributed by atoms with van der Waals surface area (Å²) in [6.07, 6.45) is 2.18. The summed E-state index contributed by atoms with van der Waals surface area (Å²) in [5.74, 6) is 2.63. The number of nitrogens with zero attached hydrogens (tertiary/aromatic N) is 3. The maximum absolute atomic E-state index is 13.0. The Morgan fingerprint density at radius 2 is 2.07 bits per heavy atom. The van der Waals surface area contributed by atoms with Gasteiger partial charge < -0.3 is 14.8 Å². The fraction of sp³-hybridized carbons (Fsp3) is 0.286. The third kappa shape index (κ3) is 2.82. The number of anilines is 1. The molecule has 1 aromatic carbocycles. The van der Waals surface area contributed by atoms with Crippen LogP contribution in [0, 0.1) is 0 Å². The van der Waals surface area contributed by atoms with Crippen molar-refractivity contribution in [2.45, 2.75) is 25.3 Å². The van der Waals surface area contributed by atoms with E-state index in [9.17, 15) is 4.79 Å². The van der Waals surface area contributed by atoms with Gasteiger partial charge in [-0.25, -0.2) is 4.68 Å². The molecule has 7 nitrogen and oxygen atoms in total. The van der Waals surface area contributed by atoms with E-state index < -0.39 is 6.04 Å². The van der Waals surface area contributed by atoms with E-state index in [1.165, 1.54) is 0 Å². The Hall–Kier alpha value is -3.13. The van der Waals surface area contributed by atoms with E-state index in [-0.39, 0.29) is 5.78 Å². The van der Waals surface area contributed by atoms with Gasteiger partial charge in [0.2, 0.25) is 5.95 Å². The molecule has 29 heavy (non-hydrogen) atoms. The predicted molar refractivity (Wildman–Crippen MR) is 111 cm³/mol. The van der Waals surface area contributed by atoms with Crippen LogP contribution >= 0.6 is 11.3 Å². The van der Waals surface area contributed by atoms with Gasteiger partial charge in [0.05, 0.1) is 19.1 Å². The maximum Gasteiger partial charge on any atom is 0.226 e. The summed E-state index contributed by atoms with van der Waals surface area (Å²) >= 11 is 1.58. The van der Waals surface area contributed by atoms with Crippen LogP contribution in [0.5, 0.6) is 11.5 Å². The number of hydrogen-bond donors (Lipinski definition) is 1. The van der Waals surface area contributed by atoms with Crippen LogP contribution in [0.1, 0.15) is 30.9 Å². The first kappa shape index (κ1) is 17.9. The minimum atomic E-state index is -0.416. The van der Waals surface area contributed by atoms with Gasteiger partial charge >= 0.3 is 0 Å². The Bertz CT molecular complexity index is 1120. The molecule has 1 N–H and O–H groups in total. The Balaban J connectivity index is 1.74. The molecular weight excluding hydrogens is 388 g/mol. The van der Waals surface area contributed by atoms with Crippen LogP contribution < -0.4 is 14.8 Å². The molecule has 148 valence electrons. The van der Waals surface area contributed by atoms with E-state index in [4.69, 9.17) is 19.6 Å². The second-order valence-electron chi connectivity index (χ2n) is 6.96. The molecule has 0 saturated carbocycles. The van der Waals surface area contributed by atoms with E-state index in [1.54, 1.807) is 30.2 Å². The molecule has 2 aromatic heterocycles. The molecule has 8 heteroatoms. The highest BCUT2D eigenvalue weighted by atomic mass is 32.1. The molecule has 0 spiro atoms. The number of ether oxygens (including phenoxy) is 2. The number of para-hydroxylation sites is 1.